The first kappa shape index (κ1) is 30.9. The van der Waals surface area contributed by atoms with E-state index in [2.05, 4.69) is 198 Å². The lowest BCUT2D eigenvalue weighted by Gasteiger charge is -2.30. The van der Waals surface area contributed by atoms with Crippen LogP contribution < -0.4 is 10.2 Å². The second-order valence-corrected chi connectivity index (χ2v) is 14.2. The van der Waals surface area contributed by atoms with E-state index in [1.807, 2.05) is 11.3 Å². The fourth-order valence-electron chi connectivity index (χ4n) is 7.40. The van der Waals surface area contributed by atoms with Crippen LogP contribution in [0, 0.1) is 0 Å². The molecule has 0 amide bonds. The van der Waals surface area contributed by atoms with Gasteiger partial charge >= 0.3 is 0 Å². The van der Waals surface area contributed by atoms with Crippen LogP contribution in [0.2, 0.25) is 0 Å². The van der Waals surface area contributed by atoms with Crippen molar-refractivity contribution in [1.82, 2.24) is 0 Å². The fraction of sp³-hybridized carbons (Fsp3) is 0.0417. The zero-order chi connectivity index (χ0) is 34.1. The Hall–Kier alpha value is -6.16. The van der Waals surface area contributed by atoms with Gasteiger partial charge in [-0.1, -0.05) is 140 Å². The van der Waals surface area contributed by atoms with Crippen molar-refractivity contribution in [3.8, 4) is 11.1 Å². The van der Waals surface area contributed by atoms with Crippen LogP contribution in [-0.2, 0) is 0 Å². The molecule has 0 spiro atoms. The molecule has 2 atom stereocenters. The molecule has 2 unspecified atom stereocenters. The highest BCUT2D eigenvalue weighted by molar-refractivity contribution is 7.26. The van der Waals surface area contributed by atoms with Gasteiger partial charge in [0.05, 0.1) is 11.7 Å². The normalized spacial score (nSPS) is 18.7. The van der Waals surface area contributed by atoms with Crippen molar-refractivity contribution in [3.63, 3.8) is 0 Å². The molecular weight excluding hydrogens is 637 g/mol. The van der Waals surface area contributed by atoms with E-state index in [0.29, 0.717) is 0 Å². The third kappa shape index (κ3) is 5.92. The molecular formula is C48H36N2S. The van der Waals surface area contributed by atoms with Gasteiger partial charge in [-0.2, -0.15) is 0 Å². The van der Waals surface area contributed by atoms with Crippen LogP contribution in [-0.4, -0.2) is 6.04 Å². The molecule has 0 radical (unpaired) electrons. The summed E-state index contributed by atoms with van der Waals surface area (Å²) < 4.78 is 2.56. The van der Waals surface area contributed by atoms with Crippen LogP contribution in [0.4, 0.5) is 17.1 Å². The monoisotopic (exact) mass is 672 g/mol. The summed E-state index contributed by atoms with van der Waals surface area (Å²) in [6.07, 6.45) is 13.7. The molecule has 1 N–H and O–H groups in total. The first-order chi connectivity index (χ1) is 25.2. The number of rotatable bonds is 6. The molecule has 1 aliphatic heterocycles. The van der Waals surface area contributed by atoms with Crippen LogP contribution in [0.25, 0.3) is 36.9 Å². The van der Waals surface area contributed by atoms with E-state index in [4.69, 9.17) is 6.58 Å². The third-order valence-electron chi connectivity index (χ3n) is 9.95. The molecule has 7 aromatic rings. The second-order valence-electron chi connectivity index (χ2n) is 13.1. The van der Waals surface area contributed by atoms with Crippen molar-refractivity contribution in [2.45, 2.75) is 12.0 Å². The van der Waals surface area contributed by atoms with Gasteiger partial charge in [0.2, 0.25) is 0 Å². The molecule has 9 rings (SSSR count). The summed E-state index contributed by atoms with van der Waals surface area (Å²) in [6.45, 7) is 4.73. The Morgan fingerprint density at radius 3 is 2.08 bits per heavy atom. The number of allylic oxidation sites excluding steroid dienone is 6. The van der Waals surface area contributed by atoms with Gasteiger partial charge in [0.1, 0.15) is 0 Å². The zero-order valence-electron chi connectivity index (χ0n) is 28.1. The van der Waals surface area contributed by atoms with Gasteiger partial charge in [0.15, 0.2) is 0 Å². The van der Waals surface area contributed by atoms with E-state index < -0.39 is 0 Å². The highest BCUT2D eigenvalue weighted by Crippen LogP contribution is 2.46. The third-order valence-corrected chi connectivity index (χ3v) is 11.1. The lowest BCUT2D eigenvalue weighted by Crippen LogP contribution is -2.26. The van der Waals surface area contributed by atoms with Crippen molar-refractivity contribution in [2.75, 3.05) is 10.2 Å². The van der Waals surface area contributed by atoms with E-state index in [1.54, 1.807) is 0 Å². The highest BCUT2D eigenvalue weighted by Gasteiger charge is 2.25. The molecule has 3 heteroatoms. The van der Waals surface area contributed by atoms with Crippen molar-refractivity contribution in [3.05, 3.63) is 217 Å². The average molecular weight is 673 g/mol. The molecule has 2 aliphatic rings. The van der Waals surface area contributed by atoms with Gasteiger partial charge in [-0.25, -0.2) is 0 Å². The number of anilines is 3. The Balaban J connectivity index is 1.11. The summed E-state index contributed by atoms with van der Waals surface area (Å²) in [4.78, 5) is 2.31. The molecule has 0 bridgehead atoms. The smallest absolute Gasteiger partial charge is 0.0551 e. The number of para-hydroxylation sites is 1. The topological polar surface area (TPSA) is 15.3 Å². The summed E-state index contributed by atoms with van der Waals surface area (Å²) in [7, 11) is 0. The van der Waals surface area contributed by atoms with Gasteiger partial charge < -0.3 is 10.2 Å². The second kappa shape index (κ2) is 13.3. The average Bonchev–Trinajstić information content (AvgIpc) is 3.57. The van der Waals surface area contributed by atoms with Crippen molar-refractivity contribution < 1.29 is 0 Å². The predicted octanol–water partition coefficient (Wildman–Crippen LogP) is 13.1. The summed E-state index contributed by atoms with van der Waals surface area (Å²) in [5.74, 6) is 0.125. The molecule has 2 nitrogen and oxygen atoms in total. The molecule has 0 saturated heterocycles. The quantitative estimate of drug-likeness (QED) is 0.189. The Bertz CT molecular complexity index is 2500. The summed E-state index contributed by atoms with van der Waals surface area (Å²) in [6, 6.07) is 54.1. The van der Waals surface area contributed by atoms with E-state index in [0.717, 1.165) is 28.2 Å². The van der Waals surface area contributed by atoms with E-state index in [1.165, 1.54) is 48.0 Å². The molecule has 1 aliphatic carbocycles. The van der Waals surface area contributed by atoms with Gasteiger partial charge in [-0.15, -0.1) is 11.3 Å². The van der Waals surface area contributed by atoms with Crippen LogP contribution in [0.5, 0.6) is 0 Å². The number of hydrogen-bond acceptors (Lipinski definition) is 3. The number of hydrogen-bond donors (Lipinski definition) is 1. The van der Waals surface area contributed by atoms with Crippen LogP contribution in [0.3, 0.4) is 0 Å². The van der Waals surface area contributed by atoms with Crippen molar-refractivity contribution in [2.24, 2.45) is 0 Å². The van der Waals surface area contributed by atoms with E-state index >= 15 is 0 Å². The lowest BCUT2D eigenvalue weighted by molar-refractivity contribution is 0.751. The van der Waals surface area contributed by atoms with E-state index in [9.17, 15) is 0 Å². The molecule has 51 heavy (non-hydrogen) atoms. The number of benzene rings is 6. The van der Waals surface area contributed by atoms with Gasteiger partial charge in [-0.05, 0) is 82.0 Å². The van der Waals surface area contributed by atoms with Crippen LogP contribution >= 0.6 is 11.3 Å². The number of nitrogens with one attached hydrogen (secondary N) is 1. The zero-order valence-corrected chi connectivity index (χ0v) is 28.9. The highest BCUT2D eigenvalue weighted by atomic mass is 32.1. The number of thiophene rings is 1. The summed E-state index contributed by atoms with van der Waals surface area (Å²) >= 11 is 1.85. The minimum atomic E-state index is 0.0831. The molecule has 6 aromatic carbocycles. The summed E-state index contributed by atoms with van der Waals surface area (Å²) in [5, 5.41) is 6.41. The lowest BCUT2D eigenvalue weighted by atomic mass is 9.83. The van der Waals surface area contributed by atoms with E-state index in [-0.39, 0.29) is 12.0 Å². The van der Waals surface area contributed by atoms with Gasteiger partial charge in [-0.3, -0.25) is 0 Å². The SMILES string of the molecule is C=C1/C=C(C2=CC(c3ccccc3)C(Nc3ccc(-c4ccccc4)cc3)C=C2)\C=C/N(c2ccccc2)c2ccc3c(sc4ccccc43)c21. The molecule has 244 valence electrons. The first-order valence-corrected chi connectivity index (χ1v) is 18.3. The maximum Gasteiger partial charge on any atom is 0.0551 e. The molecule has 2 heterocycles. The van der Waals surface area contributed by atoms with Crippen molar-refractivity contribution in [1.29, 1.82) is 0 Å². The molecule has 0 saturated carbocycles. The largest absolute Gasteiger partial charge is 0.378 e. The maximum atomic E-state index is 4.73. The fourth-order valence-corrected chi connectivity index (χ4v) is 8.68. The minimum Gasteiger partial charge on any atom is -0.378 e. The minimum absolute atomic E-state index is 0.0831. The van der Waals surface area contributed by atoms with Crippen LogP contribution in [0.1, 0.15) is 17.0 Å². The maximum absolute atomic E-state index is 4.73. The van der Waals surface area contributed by atoms with Gasteiger partial charge in [0.25, 0.3) is 0 Å². The summed E-state index contributed by atoms with van der Waals surface area (Å²) in [5.41, 5.74) is 11.6. The van der Waals surface area contributed by atoms with Crippen molar-refractivity contribution >= 4 is 54.1 Å². The van der Waals surface area contributed by atoms with Crippen LogP contribution in [0.15, 0.2) is 206 Å². The Morgan fingerprint density at radius 1 is 0.608 bits per heavy atom. The number of nitrogens with zero attached hydrogens (tertiary/aromatic N) is 1. The van der Waals surface area contributed by atoms with Gasteiger partial charge in [0, 0.05) is 49.2 Å². The first-order valence-electron chi connectivity index (χ1n) is 17.4. The Labute approximate surface area is 303 Å². The molecule has 0 fully saturated rings. The predicted molar refractivity (Wildman–Crippen MR) is 220 cm³/mol. The standard InChI is InChI=1S/C48H36N2S/c1-33-31-38(29-30-50(40-17-9-4-10-18-40)45-28-26-42-41-19-11-12-20-46(41)51-48(42)47(33)45)37-23-27-44(43(32-37)36-15-7-3-8-16-36)49-39-24-21-35(22-25-39)34-13-5-2-6-14-34/h2-32,43-44,49H,1H2/b30-29-,38-31+. The molecule has 1 aromatic heterocycles. The Kier molecular flexibility index (Phi) is 8.04. The Morgan fingerprint density at radius 2 is 1.29 bits per heavy atom. The number of fused-ring (bicyclic) bond motifs is 5.